The van der Waals surface area contributed by atoms with E-state index in [0.29, 0.717) is 0 Å². The Morgan fingerprint density at radius 2 is 2.07 bits per heavy atom. The molecule has 0 unspecified atom stereocenters. The van der Waals surface area contributed by atoms with Gasteiger partial charge in [0.1, 0.15) is 5.75 Å². The number of fused-ring (bicyclic) bond motifs is 1. The third-order valence-corrected chi connectivity index (χ3v) is 3.21. The first kappa shape index (κ1) is 10.5. The molecule has 0 bridgehead atoms. The summed E-state index contributed by atoms with van der Waals surface area (Å²) in [5, 5.41) is 0. The molecule has 1 aromatic carbocycles. The van der Waals surface area contributed by atoms with Gasteiger partial charge in [0.05, 0.1) is 7.11 Å². The molecule has 0 aromatic heterocycles. The largest absolute Gasteiger partial charge is 0.496 e. The minimum absolute atomic E-state index is 0.779. The molecule has 0 radical (unpaired) electrons. The molecule has 0 fully saturated rings. The molecule has 0 amide bonds. The van der Waals surface area contributed by atoms with Crippen LogP contribution in [-0.4, -0.2) is 13.7 Å². The maximum atomic E-state index is 5.55. The van der Waals surface area contributed by atoms with Gasteiger partial charge in [-0.1, -0.05) is 6.07 Å². The van der Waals surface area contributed by atoms with Crippen molar-refractivity contribution in [3.63, 3.8) is 0 Å². The van der Waals surface area contributed by atoms with Crippen LogP contribution in [0.15, 0.2) is 12.1 Å². The van der Waals surface area contributed by atoms with Crippen LogP contribution in [0.4, 0.5) is 0 Å². The van der Waals surface area contributed by atoms with E-state index in [9.17, 15) is 0 Å². The summed E-state index contributed by atoms with van der Waals surface area (Å²) in [6.07, 6.45) is 5.86. The van der Waals surface area contributed by atoms with Gasteiger partial charge in [0.25, 0.3) is 0 Å². The Morgan fingerprint density at radius 3 is 2.80 bits per heavy atom. The predicted molar refractivity (Wildman–Crippen MR) is 62.4 cm³/mol. The highest BCUT2D eigenvalue weighted by Gasteiger charge is 2.18. The van der Waals surface area contributed by atoms with Crippen molar-refractivity contribution in [2.45, 2.75) is 32.1 Å². The Labute approximate surface area is 91.4 Å². The molecule has 2 rings (SSSR count). The number of methoxy groups -OCH3 is 1. The summed E-state index contributed by atoms with van der Waals surface area (Å²) in [7, 11) is 1.76. The summed E-state index contributed by atoms with van der Waals surface area (Å²) in [4.78, 5) is 0. The van der Waals surface area contributed by atoms with E-state index in [1.807, 2.05) is 0 Å². The van der Waals surface area contributed by atoms with E-state index >= 15 is 0 Å². The van der Waals surface area contributed by atoms with Crippen molar-refractivity contribution in [1.82, 2.24) is 0 Å². The van der Waals surface area contributed by atoms with E-state index in [1.165, 1.54) is 36.0 Å². The zero-order chi connectivity index (χ0) is 10.7. The standard InChI is InChI=1S/C13H19NO/c1-15-13-8-7-10(4-3-9-14)11-5-2-6-12(11)13/h7-8H,2-6,9,14H2,1H3. The van der Waals surface area contributed by atoms with Gasteiger partial charge in [0.2, 0.25) is 0 Å². The van der Waals surface area contributed by atoms with Crippen molar-refractivity contribution in [1.29, 1.82) is 0 Å². The topological polar surface area (TPSA) is 35.2 Å². The van der Waals surface area contributed by atoms with Crippen LogP contribution in [0, 0.1) is 0 Å². The molecular formula is C13H19NO. The number of hydrogen-bond acceptors (Lipinski definition) is 2. The molecular weight excluding hydrogens is 186 g/mol. The highest BCUT2D eigenvalue weighted by atomic mass is 16.5. The predicted octanol–water partition coefficient (Wildman–Crippen LogP) is 2.08. The molecule has 0 heterocycles. The highest BCUT2D eigenvalue weighted by Crippen LogP contribution is 2.33. The smallest absolute Gasteiger partial charge is 0.122 e. The fourth-order valence-corrected chi connectivity index (χ4v) is 2.47. The van der Waals surface area contributed by atoms with Gasteiger partial charge in [0, 0.05) is 0 Å². The quantitative estimate of drug-likeness (QED) is 0.816. The minimum Gasteiger partial charge on any atom is -0.496 e. The summed E-state index contributed by atoms with van der Waals surface area (Å²) in [6, 6.07) is 4.31. The first-order chi connectivity index (χ1) is 7.36. The zero-order valence-electron chi connectivity index (χ0n) is 9.38. The summed E-state index contributed by atoms with van der Waals surface area (Å²) in [5.41, 5.74) is 10.0. The molecule has 0 saturated heterocycles. The molecule has 2 nitrogen and oxygen atoms in total. The zero-order valence-corrected chi connectivity index (χ0v) is 9.38. The van der Waals surface area contributed by atoms with E-state index < -0.39 is 0 Å². The number of ether oxygens (including phenoxy) is 1. The van der Waals surface area contributed by atoms with Crippen molar-refractivity contribution >= 4 is 0 Å². The summed E-state index contributed by atoms with van der Waals surface area (Å²) >= 11 is 0. The van der Waals surface area contributed by atoms with Crippen LogP contribution >= 0.6 is 0 Å². The normalized spacial score (nSPS) is 14.0. The van der Waals surface area contributed by atoms with Gasteiger partial charge in [-0.05, 0) is 61.4 Å². The minimum atomic E-state index is 0.779. The van der Waals surface area contributed by atoms with E-state index in [-0.39, 0.29) is 0 Å². The second-order valence-electron chi connectivity index (χ2n) is 4.13. The molecule has 1 aliphatic carbocycles. The van der Waals surface area contributed by atoms with Crippen molar-refractivity contribution in [2.24, 2.45) is 5.73 Å². The van der Waals surface area contributed by atoms with E-state index in [1.54, 1.807) is 7.11 Å². The molecule has 82 valence electrons. The van der Waals surface area contributed by atoms with Crippen molar-refractivity contribution in [3.8, 4) is 5.75 Å². The summed E-state index contributed by atoms with van der Waals surface area (Å²) in [5.74, 6) is 1.07. The molecule has 0 spiro atoms. The van der Waals surface area contributed by atoms with Crippen LogP contribution < -0.4 is 10.5 Å². The van der Waals surface area contributed by atoms with E-state index in [0.717, 1.165) is 25.1 Å². The number of rotatable bonds is 4. The maximum absolute atomic E-state index is 5.55. The van der Waals surface area contributed by atoms with Crippen LogP contribution in [0.2, 0.25) is 0 Å². The Morgan fingerprint density at radius 1 is 1.27 bits per heavy atom. The summed E-state index contributed by atoms with van der Waals surface area (Å²) < 4.78 is 5.39. The van der Waals surface area contributed by atoms with Crippen molar-refractivity contribution in [2.75, 3.05) is 13.7 Å². The number of aryl methyl sites for hydroxylation is 1. The third kappa shape index (κ3) is 2.00. The fourth-order valence-electron chi connectivity index (χ4n) is 2.47. The highest BCUT2D eigenvalue weighted by molar-refractivity contribution is 5.47. The Balaban J connectivity index is 2.29. The van der Waals surface area contributed by atoms with Gasteiger partial charge >= 0.3 is 0 Å². The Kier molecular flexibility index (Phi) is 3.27. The molecule has 1 aromatic rings. The van der Waals surface area contributed by atoms with E-state index in [2.05, 4.69) is 12.1 Å². The number of benzene rings is 1. The second-order valence-corrected chi connectivity index (χ2v) is 4.13. The van der Waals surface area contributed by atoms with Crippen LogP contribution in [0.5, 0.6) is 5.75 Å². The average molecular weight is 205 g/mol. The summed E-state index contributed by atoms with van der Waals surface area (Å²) in [6.45, 7) is 0.779. The van der Waals surface area contributed by atoms with Gasteiger partial charge < -0.3 is 10.5 Å². The molecule has 1 aliphatic rings. The third-order valence-electron chi connectivity index (χ3n) is 3.21. The van der Waals surface area contributed by atoms with Gasteiger partial charge in [0.15, 0.2) is 0 Å². The van der Waals surface area contributed by atoms with Gasteiger partial charge in [-0.25, -0.2) is 0 Å². The molecule has 2 heteroatoms. The van der Waals surface area contributed by atoms with Crippen LogP contribution in [0.25, 0.3) is 0 Å². The lowest BCUT2D eigenvalue weighted by Gasteiger charge is -2.11. The van der Waals surface area contributed by atoms with Crippen LogP contribution in [0.1, 0.15) is 29.5 Å². The molecule has 15 heavy (non-hydrogen) atoms. The fraction of sp³-hybridized carbons (Fsp3) is 0.538. The molecule has 2 N–H and O–H groups in total. The first-order valence-electron chi connectivity index (χ1n) is 5.74. The lowest BCUT2D eigenvalue weighted by molar-refractivity contribution is 0.410. The molecule has 0 saturated carbocycles. The van der Waals surface area contributed by atoms with Gasteiger partial charge in [-0.3, -0.25) is 0 Å². The van der Waals surface area contributed by atoms with Crippen LogP contribution in [0.3, 0.4) is 0 Å². The van der Waals surface area contributed by atoms with Crippen molar-refractivity contribution < 1.29 is 4.74 Å². The Hall–Kier alpha value is -1.02. The molecule has 0 aliphatic heterocycles. The SMILES string of the molecule is COc1ccc(CCCN)c2c1CCC2. The number of hydrogen-bond donors (Lipinski definition) is 1. The van der Waals surface area contributed by atoms with Crippen LogP contribution in [-0.2, 0) is 19.3 Å². The first-order valence-corrected chi connectivity index (χ1v) is 5.74. The van der Waals surface area contributed by atoms with Crippen molar-refractivity contribution in [3.05, 3.63) is 28.8 Å². The lowest BCUT2D eigenvalue weighted by atomic mass is 9.99. The average Bonchev–Trinajstić information content (AvgIpc) is 2.74. The van der Waals surface area contributed by atoms with Gasteiger partial charge in [-0.15, -0.1) is 0 Å². The number of nitrogens with two attached hydrogens (primary N) is 1. The lowest BCUT2D eigenvalue weighted by Crippen LogP contribution is -2.03. The molecule has 0 atom stereocenters. The van der Waals surface area contributed by atoms with E-state index in [4.69, 9.17) is 10.5 Å². The van der Waals surface area contributed by atoms with Gasteiger partial charge in [-0.2, -0.15) is 0 Å². The maximum Gasteiger partial charge on any atom is 0.122 e. The second kappa shape index (κ2) is 4.67. The monoisotopic (exact) mass is 205 g/mol. The Bertz CT molecular complexity index is 347.